The smallest absolute Gasteiger partial charge is 0.0698 e. The average Bonchev–Trinajstić information content (AvgIpc) is 2.59. The number of nitrogens with zero attached hydrogens (tertiary/aromatic N) is 1. The van der Waals surface area contributed by atoms with Crippen LogP contribution in [0.1, 0.15) is 121 Å². The van der Waals surface area contributed by atoms with E-state index >= 15 is 0 Å². The fourth-order valence-electron chi connectivity index (χ4n) is 5.99. The van der Waals surface area contributed by atoms with Gasteiger partial charge in [0.15, 0.2) is 0 Å². The van der Waals surface area contributed by atoms with Gasteiger partial charge in [0.2, 0.25) is 0 Å². The second-order valence-corrected chi connectivity index (χ2v) is 13.6. The minimum Gasteiger partial charge on any atom is -0.389 e. The number of rotatable bonds is 6. The Balaban J connectivity index is 2.04. The Hall–Kier alpha value is -0.0800. The van der Waals surface area contributed by atoms with E-state index in [9.17, 15) is 5.11 Å². The predicted molar refractivity (Wildman–Crippen MR) is 127 cm³/mol. The molecule has 0 aromatic heterocycles. The lowest BCUT2D eigenvalue weighted by molar-refractivity contribution is -0.116. The highest BCUT2D eigenvalue weighted by molar-refractivity contribution is 5.01. The molecular weight excluding hydrogens is 354 g/mol. The first kappa shape index (κ1) is 25.2. The molecule has 29 heavy (non-hydrogen) atoms. The molecule has 0 aromatic carbocycles. The van der Waals surface area contributed by atoms with Crippen molar-refractivity contribution in [2.75, 3.05) is 13.1 Å². The maximum Gasteiger partial charge on any atom is 0.0698 e. The highest BCUT2D eigenvalue weighted by Crippen LogP contribution is 2.53. The molecule has 2 heteroatoms. The molecule has 2 rings (SSSR count). The van der Waals surface area contributed by atoms with Gasteiger partial charge >= 0.3 is 0 Å². The first-order chi connectivity index (χ1) is 13.0. The van der Waals surface area contributed by atoms with Crippen LogP contribution in [0.3, 0.4) is 0 Å². The van der Waals surface area contributed by atoms with Crippen LogP contribution in [-0.2, 0) is 0 Å². The van der Waals surface area contributed by atoms with Crippen LogP contribution < -0.4 is 0 Å². The lowest BCUT2D eigenvalue weighted by atomic mass is 9.57. The first-order valence-electron chi connectivity index (χ1n) is 12.5. The molecule has 1 atom stereocenters. The topological polar surface area (TPSA) is 23.5 Å². The highest BCUT2D eigenvalue weighted by Gasteiger charge is 2.49. The van der Waals surface area contributed by atoms with Crippen molar-refractivity contribution < 1.29 is 5.11 Å². The van der Waals surface area contributed by atoms with Crippen molar-refractivity contribution in [3.05, 3.63) is 0 Å². The van der Waals surface area contributed by atoms with Gasteiger partial charge in [0, 0.05) is 12.1 Å². The number of piperidine rings is 1. The van der Waals surface area contributed by atoms with Crippen LogP contribution >= 0.6 is 0 Å². The van der Waals surface area contributed by atoms with Crippen LogP contribution in [0.25, 0.3) is 0 Å². The lowest BCUT2D eigenvalue weighted by Crippen LogP contribution is -2.55. The van der Waals surface area contributed by atoms with Crippen molar-refractivity contribution in [1.82, 2.24) is 4.90 Å². The third-order valence-corrected chi connectivity index (χ3v) is 9.71. The molecule has 0 aromatic rings. The summed E-state index contributed by atoms with van der Waals surface area (Å²) in [6.07, 6.45) is 9.31. The van der Waals surface area contributed by atoms with Crippen molar-refractivity contribution in [1.29, 1.82) is 0 Å². The van der Waals surface area contributed by atoms with E-state index < -0.39 is 5.60 Å². The molecule has 1 saturated heterocycles. The van der Waals surface area contributed by atoms with Crippen LogP contribution in [-0.4, -0.2) is 34.2 Å². The van der Waals surface area contributed by atoms with Crippen molar-refractivity contribution in [2.45, 2.75) is 132 Å². The summed E-state index contributed by atoms with van der Waals surface area (Å²) >= 11 is 0. The summed E-state index contributed by atoms with van der Waals surface area (Å²) in [6.45, 7) is 26.4. The molecule has 172 valence electrons. The summed E-state index contributed by atoms with van der Waals surface area (Å²) in [5.74, 6) is 1.55. The molecule has 0 radical (unpaired) electrons. The highest BCUT2D eigenvalue weighted by atomic mass is 16.3. The Bertz CT molecular complexity index is 533. The largest absolute Gasteiger partial charge is 0.389 e. The zero-order valence-corrected chi connectivity index (χ0v) is 21.6. The van der Waals surface area contributed by atoms with Crippen LogP contribution in [0.15, 0.2) is 0 Å². The van der Waals surface area contributed by atoms with E-state index in [0.717, 1.165) is 31.1 Å². The molecule has 2 aliphatic rings. The molecule has 2 fully saturated rings. The SMILES string of the molecule is CC(C)C1CCC(O)(C(C)(C)CCC(C)(C)C2(C)CCCN(C(C)(C)C)C2)CC1. The van der Waals surface area contributed by atoms with E-state index in [2.05, 4.69) is 74.1 Å². The van der Waals surface area contributed by atoms with Gasteiger partial charge < -0.3 is 5.11 Å². The summed E-state index contributed by atoms with van der Waals surface area (Å²) in [7, 11) is 0. The maximum atomic E-state index is 11.6. The number of likely N-dealkylation sites (tertiary alicyclic amines) is 1. The van der Waals surface area contributed by atoms with Crippen LogP contribution in [0.5, 0.6) is 0 Å². The van der Waals surface area contributed by atoms with Gasteiger partial charge in [0.25, 0.3) is 0 Å². The van der Waals surface area contributed by atoms with Gasteiger partial charge in [-0.2, -0.15) is 0 Å². The van der Waals surface area contributed by atoms with Crippen molar-refractivity contribution >= 4 is 0 Å². The van der Waals surface area contributed by atoms with Crippen molar-refractivity contribution in [3.8, 4) is 0 Å². The molecule has 2 nitrogen and oxygen atoms in total. The van der Waals surface area contributed by atoms with Gasteiger partial charge in [-0.15, -0.1) is 0 Å². The van der Waals surface area contributed by atoms with E-state index in [1.54, 1.807) is 0 Å². The number of aliphatic hydroxyl groups is 1. The van der Waals surface area contributed by atoms with Gasteiger partial charge in [0.05, 0.1) is 5.60 Å². The summed E-state index contributed by atoms with van der Waals surface area (Å²) in [4.78, 5) is 2.70. The summed E-state index contributed by atoms with van der Waals surface area (Å²) in [5, 5.41) is 11.6. The number of hydrogen-bond acceptors (Lipinski definition) is 2. The van der Waals surface area contributed by atoms with Crippen LogP contribution in [0.4, 0.5) is 0 Å². The fraction of sp³-hybridized carbons (Fsp3) is 1.00. The summed E-state index contributed by atoms with van der Waals surface area (Å²) < 4.78 is 0. The minimum atomic E-state index is -0.487. The Morgan fingerprint density at radius 2 is 1.41 bits per heavy atom. The van der Waals surface area contributed by atoms with Gasteiger partial charge in [-0.1, -0.05) is 48.5 Å². The average molecular weight is 408 g/mol. The van der Waals surface area contributed by atoms with E-state index in [1.165, 1.54) is 45.2 Å². The van der Waals surface area contributed by atoms with Gasteiger partial charge in [-0.05, 0) is 107 Å². The Kier molecular flexibility index (Phi) is 7.34. The van der Waals surface area contributed by atoms with Gasteiger partial charge in [-0.3, -0.25) is 4.90 Å². The Morgan fingerprint density at radius 3 is 1.90 bits per heavy atom. The molecule has 1 N–H and O–H groups in total. The lowest BCUT2D eigenvalue weighted by Gasteiger charge is -2.55. The molecular formula is C27H53NO. The van der Waals surface area contributed by atoms with Crippen LogP contribution in [0.2, 0.25) is 0 Å². The van der Waals surface area contributed by atoms with E-state index in [1.807, 2.05) is 0 Å². The Morgan fingerprint density at radius 1 is 0.897 bits per heavy atom. The molecule has 1 saturated carbocycles. The van der Waals surface area contributed by atoms with Gasteiger partial charge in [-0.25, -0.2) is 0 Å². The van der Waals surface area contributed by atoms with Crippen molar-refractivity contribution in [2.24, 2.45) is 28.1 Å². The maximum absolute atomic E-state index is 11.6. The molecule has 1 heterocycles. The second kappa shape index (κ2) is 8.45. The molecule has 1 aliphatic carbocycles. The fourth-order valence-corrected chi connectivity index (χ4v) is 5.99. The summed E-state index contributed by atoms with van der Waals surface area (Å²) in [6, 6.07) is 0. The predicted octanol–water partition coefficient (Wildman–Crippen LogP) is 7.30. The van der Waals surface area contributed by atoms with E-state index in [-0.39, 0.29) is 16.4 Å². The molecule has 1 aliphatic heterocycles. The normalized spacial score (nSPS) is 33.3. The third kappa shape index (κ3) is 5.40. The third-order valence-electron chi connectivity index (χ3n) is 9.71. The van der Waals surface area contributed by atoms with E-state index in [4.69, 9.17) is 0 Å². The van der Waals surface area contributed by atoms with Gasteiger partial charge in [0.1, 0.15) is 0 Å². The second-order valence-electron chi connectivity index (χ2n) is 13.6. The minimum absolute atomic E-state index is 0.0129. The zero-order valence-electron chi connectivity index (χ0n) is 21.6. The molecule has 0 bridgehead atoms. The van der Waals surface area contributed by atoms with Crippen molar-refractivity contribution in [3.63, 3.8) is 0 Å². The Labute approximate surface area is 183 Å². The molecule has 0 amide bonds. The zero-order chi connectivity index (χ0) is 22.3. The van der Waals surface area contributed by atoms with E-state index in [0.29, 0.717) is 5.41 Å². The summed E-state index contributed by atoms with van der Waals surface area (Å²) in [5.41, 5.74) is 0.369. The first-order valence-corrected chi connectivity index (χ1v) is 12.5. The van der Waals surface area contributed by atoms with Crippen LogP contribution in [0, 0.1) is 28.1 Å². The standard InChI is InChI=1S/C27H53NO/c1-21(2)22-12-15-27(29,16-13-22)25(8,9)18-17-24(6,7)26(10)14-11-19-28(20-26)23(3,4)5/h21-22,29H,11-20H2,1-10H3. The molecule has 0 spiro atoms. The molecule has 1 unspecified atom stereocenters. The quantitative estimate of drug-likeness (QED) is 0.499. The number of hydrogen-bond donors (Lipinski definition) is 1. The monoisotopic (exact) mass is 407 g/mol.